The highest BCUT2D eigenvalue weighted by Crippen LogP contribution is 2.41. The van der Waals surface area contributed by atoms with Crippen LogP contribution in [-0.4, -0.2) is 106 Å². The van der Waals surface area contributed by atoms with Crippen molar-refractivity contribution in [1.29, 1.82) is 0 Å². The molecule has 3 N–H and O–H groups in total. The Bertz CT molecular complexity index is 1180. The molecule has 0 aliphatic carbocycles. The average Bonchev–Trinajstić information content (AvgIpc) is 3.30. The van der Waals surface area contributed by atoms with E-state index in [0.717, 1.165) is 32.8 Å². The van der Waals surface area contributed by atoms with E-state index in [9.17, 15) is 24.3 Å². The predicted octanol–water partition coefficient (Wildman–Crippen LogP) is -0.0878. The number of oxime groups is 1. The number of carbonyl (C=O) groups excluding carboxylic acids is 2. The van der Waals surface area contributed by atoms with Crippen molar-refractivity contribution >= 4 is 76.5 Å². The summed E-state index contributed by atoms with van der Waals surface area (Å²) in [6.07, 6.45) is 0. The summed E-state index contributed by atoms with van der Waals surface area (Å²) >= 11 is 5.40. The molecule has 4 rings (SSSR count). The van der Waals surface area contributed by atoms with Gasteiger partial charge in [-0.1, -0.05) is 16.9 Å². The molecule has 0 radical (unpaired) electrons. The fourth-order valence-electron chi connectivity index (χ4n) is 3.46. The number of amides is 2. The van der Waals surface area contributed by atoms with Crippen molar-refractivity contribution in [2.45, 2.75) is 23.1 Å². The van der Waals surface area contributed by atoms with E-state index in [1.807, 2.05) is 5.41 Å². The van der Waals surface area contributed by atoms with Crippen LogP contribution < -0.4 is 5.32 Å². The smallest absolute Gasteiger partial charge is 0.352 e. The summed E-state index contributed by atoms with van der Waals surface area (Å²) in [5, 5.41) is 37.6. The lowest BCUT2D eigenvalue weighted by Gasteiger charge is -2.49. The first-order valence-electron chi connectivity index (χ1n) is 10.2. The molecule has 4 heterocycles. The second-order valence-corrected chi connectivity index (χ2v) is 11.4. The van der Waals surface area contributed by atoms with E-state index in [0.29, 0.717) is 10.5 Å². The highest BCUT2D eigenvalue weighted by atomic mass is 32.2. The maximum absolute atomic E-state index is 13.0. The van der Waals surface area contributed by atoms with Crippen LogP contribution in [0.4, 0.5) is 0 Å². The third-order valence-electron chi connectivity index (χ3n) is 4.98. The normalized spacial score (nSPS) is 21.9. The van der Waals surface area contributed by atoms with Gasteiger partial charge in [-0.05, 0) is 21.4 Å². The molecule has 1 aromatic rings. The third kappa shape index (κ3) is 5.50. The van der Waals surface area contributed by atoms with Crippen molar-refractivity contribution in [1.82, 2.24) is 30.4 Å². The molecule has 0 bridgehead atoms. The first-order valence-corrected chi connectivity index (χ1v) is 14.3. The summed E-state index contributed by atoms with van der Waals surface area (Å²) < 4.78 is 1.09. The summed E-state index contributed by atoms with van der Waals surface area (Å²) in [5.74, 6) is -1.40. The first kappa shape index (κ1) is 26.4. The van der Waals surface area contributed by atoms with Gasteiger partial charge in [-0.2, -0.15) is 0 Å². The van der Waals surface area contributed by atoms with E-state index in [-0.39, 0.29) is 28.1 Å². The van der Waals surface area contributed by atoms with Gasteiger partial charge in [-0.25, -0.2) is 9.48 Å². The van der Waals surface area contributed by atoms with Gasteiger partial charge in [0.15, 0.2) is 5.71 Å². The molecule has 18 heteroatoms. The Labute approximate surface area is 220 Å². The molecule has 1 fully saturated rings. The van der Waals surface area contributed by atoms with E-state index < -0.39 is 41.7 Å². The average molecular weight is 574 g/mol. The number of hydrogen-bond acceptors (Lipinski definition) is 13. The van der Waals surface area contributed by atoms with Crippen molar-refractivity contribution in [3.63, 3.8) is 0 Å². The zero-order valence-electron chi connectivity index (χ0n) is 18.5. The van der Waals surface area contributed by atoms with E-state index in [2.05, 4.69) is 26.0 Å². The highest BCUT2D eigenvalue weighted by molar-refractivity contribution is 8.10. The molecule has 2 amide bonds. The topological polar surface area (TPSA) is 189 Å². The molecule has 1 unspecified atom stereocenters. The van der Waals surface area contributed by atoms with Gasteiger partial charge >= 0.3 is 11.9 Å². The fraction of sp³-hybridized carbons (Fsp3) is 0.444. The molecular weight excluding hydrogens is 555 g/mol. The molecule has 0 aromatic carbocycles. The van der Waals surface area contributed by atoms with E-state index >= 15 is 0 Å². The maximum atomic E-state index is 13.0. The lowest BCUT2D eigenvalue weighted by atomic mass is 10.0. The van der Waals surface area contributed by atoms with Crippen LogP contribution in [0.2, 0.25) is 0 Å². The lowest BCUT2D eigenvalue weighted by Crippen LogP contribution is -2.71. The number of tetrazole rings is 1. The largest absolute Gasteiger partial charge is 0.480 e. The number of carboxylic acid groups (broad SMARTS) is 2. The highest BCUT2D eigenvalue weighted by Gasteiger charge is 2.54. The Hall–Kier alpha value is -2.70. The lowest BCUT2D eigenvalue weighted by molar-refractivity contribution is -0.150. The molecule has 0 spiro atoms. The number of aliphatic carboxylic acids is 2. The standard InChI is InChI=1S/C18H19N7O7S4/c1-32-21-11(9-7-33-2-3-34-9)14(28)19-12-15(29)25-13(17(30)31)8(5-35-16(12)25)6-36-18-20-22-23-24(18)4-10(26)27/h7,12,16H,2-6H2,1H3,(H,19,28)(H,26,27)(H,30,31)/t12?,16-/m0/s1. The molecule has 2 atom stereocenters. The zero-order chi connectivity index (χ0) is 25.8. The van der Waals surface area contributed by atoms with Crippen LogP contribution >= 0.6 is 47.0 Å². The molecule has 36 heavy (non-hydrogen) atoms. The van der Waals surface area contributed by atoms with Crippen LogP contribution in [0.15, 0.2) is 31.9 Å². The van der Waals surface area contributed by atoms with Crippen LogP contribution in [0.1, 0.15) is 0 Å². The van der Waals surface area contributed by atoms with Gasteiger partial charge in [-0.15, -0.1) is 40.4 Å². The van der Waals surface area contributed by atoms with Crippen molar-refractivity contribution in [3.05, 3.63) is 21.6 Å². The summed E-state index contributed by atoms with van der Waals surface area (Å²) in [6.45, 7) is -0.439. The Morgan fingerprint density at radius 3 is 2.81 bits per heavy atom. The molecule has 14 nitrogen and oxygen atoms in total. The minimum atomic E-state index is -1.28. The maximum Gasteiger partial charge on any atom is 0.352 e. The number of carboxylic acids is 2. The molecular formula is C18H19N7O7S4. The number of nitrogens with zero attached hydrogens (tertiary/aromatic N) is 6. The molecule has 192 valence electrons. The number of thioether (sulfide) groups is 4. The summed E-state index contributed by atoms with van der Waals surface area (Å²) in [5.41, 5.74) is 0.359. The van der Waals surface area contributed by atoms with Gasteiger partial charge in [0.25, 0.3) is 11.8 Å². The van der Waals surface area contributed by atoms with E-state index in [1.165, 1.54) is 30.6 Å². The zero-order valence-corrected chi connectivity index (χ0v) is 21.8. The van der Waals surface area contributed by atoms with Crippen LogP contribution in [0, 0.1) is 0 Å². The van der Waals surface area contributed by atoms with Crippen LogP contribution in [-0.2, 0) is 30.6 Å². The number of hydrogen-bond donors (Lipinski definition) is 3. The quantitative estimate of drug-likeness (QED) is 0.146. The number of carbonyl (C=O) groups is 4. The molecule has 0 saturated carbocycles. The van der Waals surface area contributed by atoms with Crippen LogP contribution in [0.3, 0.4) is 0 Å². The Kier molecular flexibility index (Phi) is 8.47. The van der Waals surface area contributed by atoms with Crippen LogP contribution in [0.25, 0.3) is 0 Å². The third-order valence-corrected chi connectivity index (χ3v) is 9.64. The van der Waals surface area contributed by atoms with Gasteiger partial charge in [0.2, 0.25) is 5.16 Å². The number of rotatable bonds is 10. The second-order valence-electron chi connectivity index (χ2n) is 7.24. The van der Waals surface area contributed by atoms with Crippen molar-refractivity contribution < 1.29 is 34.2 Å². The molecule has 1 aromatic heterocycles. The molecule has 3 aliphatic heterocycles. The second kappa shape index (κ2) is 11.6. The summed E-state index contributed by atoms with van der Waals surface area (Å²) in [4.78, 5) is 55.5. The Balaban J connectivity index is 1.47. The van der Waals surface area contributed by atoms with Gasteiger partial charge in [0.05, 0.1) is 0 Å². The van der Waals surface area contributed by atoms with Crippen LogP contribution in [0.5, 0.6) is 0 Å². The SMILES string of the molecule is CON=C(C(=O)NC1C(=O)N2C(C(=O)O)=C(CSc3nnnn3CC(=O)O)CS[C@@H]12)C1=CSCCS1. The van der Waals surface area contributed by atoms with Gasteiger partial charge in [0.1, 0.15) is 30.8 Å². The van der Waals surface area contributed by atoms with Gasteiger partial charge in [0, 0.05) is 27.9 Å². The fourth-order valence-corrected chi connectivity index (χ4v) is 7.89. The van der Waals surface area contributed by atoms with E-state index in [1.54, 1.807) is 11.8 Å². The number of β-lactam (4-membered cyclic amide) rings is 1. The van der Waals surface area contributed by atoms with Crippen molar-refractivity contribution in [2.24, 2.45) is 5.16 Å². The van der Waals surface area contributed by atoms with E-state index in [4.69, 9.17) is 9.94 Å². The monoisotopic (exact) mass is 573 g/mol. The summed E-state index contributed by atoms with van der Waals surface area (Å²) in [6, 6.07) is -0.919. The number of aromatic nitrogens is 4. The first-order chi connectivity index (χ1) is 17.3. The van der Waals surface area contributed by atoms with Gasteiger partial charge in [-0.3, -0.25) is 19.3 Å². The van der Waals surface area contributed by atoms with Crippen molar-refractivity contribution in [3.8, 4) is 0 Å². The predicted molar refractivity (Wildman–Crippen MR) is 133 cm³/mol. The Morgan fingerprint density at radius 2 is 2.14 bits per heavy atom. The number of fused-ring (bicyclic) bond motifs is 1. The minimum absolute atomic E-state index is 0.0620. The Morgan fingerprint density at radius 1 is 1.33 bits per heavy atom. The molecule has 3 aliphatic rings. The van der Waals surface area contributed by atoms with Gasteiger partial charge < -0.3 is 20.4 Å². The minimum Gasteiger partial charge on any atom is -0.480 e. The number of nitrogens with one attached hydrogen (secondary N) is 1. The molecule has 1 saturated heterocycles. The van der Waals surface area contributed by atoms with Crippen molar-refractivity contribution in [2.75, 3.05) is 30.1 Å². The summed E-state index contributed by atoms with van der Waals surface area (Å²) in [7, 11) is 1.32.